The second kappa shape index (κ2) is 12.5. The third kappa shape index (κ3) is 5.85. The van der Waals surface area contributed by atoms with E-state index < -0.39 is 23.9 Å². The van der Waals surface area contributed by atoms with E-state index in [0.29, 0.717) is 79.3 Å². The highest BCUT2D eigenvalue weighted by atomic mass is 19.3. The summed E-state index contributed by atoms with van der Waals surface area (Å²) in [6.45, 7) is 2.84. The van der Waals surface area contributed by atoms with Crippen molar-refractivity contribution < 1.29 is 32.2 Å². The molecule has 5 heterocycles. The number of para-hydroxylation sites is 1. The van der Waals surface area contributed by atoms with Crippen LogP contribution < -0.4 is 4.74 Å². The maximum Gasteiger partial charge on any atom is 0.387 e. The number of halogens is 3. The highest BCUT2D eigenvalue weighted by molar-refractivity contribution is 5.86. The number of carbonyl (C=O) groups excluding carboxylic acids is 1. The van der Waals surface area contributed by atoms with E-state index >= 15 is 4.39 Å². The topological polar surface area (TPSA) is 77.7 Å². The number of piperidine rings is 1. The molecule has 2 aromatic heterocycles. The first-order chi connectivity index (χ1) is 21.3. The Bertz CT molecular complexity index is 1640. The summed E-state index contributed by atoms with van der Waals surface area (Å²) in [5.41, 5.74) is 2.62. The molecule has 3 aliphatic rings. The summed E-state index contributed by atoms with van der Waals surface area (Å²) in [5.74, 6) is 0.304. The van der Waals surface area contributed by atoms with Crippen LogP contribution in [0.25, 0.3) is 11.2 Å². The second-order valence-corrected chi connectivity index (χ2v) is 11.5. The minimum atomic E-state index is -2.99. The highest BCUT2D eigenvalue weighted by Gasteiger charge is 2.39. The Kier molecular flexibility index (Phi) is 8.48. The Hall–Kier alpha value is -4.12. The van der Waals surface area contributed by atoms with E-state index in [-0.39, 0.29) is 11.7 Å². The van der Waals surface area contributed by atoms with Gasteiger partial charge >= 0.3 is 12.6 Å². The summed E-state index contributed by atoms with van der Waals surface area (Å²) in [5, 5.41) is 0. The van der Waals surface area contributed by atoms with Crippen molar-refractivity contribution in [3.63, 3.8) is 0 Å². The smallest absolute Gasteiger partial charge is 0.387 e. The van der Waals surface area contributed by atoms with Gasteiger partial charge in [0.05, 0.1) is 30.0 Å². The number of hydrogen-bond acceptors (Lipinski definition) is 7. The number of nitrogens with zero attached hydrogens (tertiary/aromatic N) is 4. The predicted octanol–water partition coefficient (Wildman–Crippen LogP) is 6.49. The molecule has 1 saturated heterocycles. The Balaban J connectivity index is 1.33. The first kappa shape index (κ1) is 29.9. The number of rotatable bonds is 6. The largest absolute Gasteiger partial charge is 0.466 e. The fourth-order valence-corrected chi connectivity index (χ4v) is 6.14. The van der Waals surface area contributed by atoms with Crippen LogP contribution >= 0.6 is 0 Å². The van der Waals surface area contributed by atoms with Gasteiger partial charge in [-0.15, -0.1) is 0 Å². The summed E-state index contributed by atoms with van der Waals surface area (Å²) in [4.78, 5) is 24.1. The van der Waals surface area contributed by atoms with Gasteiger partial charge in [-0.1, -0.05) is 30.4 Å². The number of amidine groups is 1. The number of benzene rings is 1. The van der Waals surface area contributed by atoms with Crippen LogP contribution in [0, 0.1) is 11.2 Å². The standard InChI is InChI=1S/C33H35F3N4O4/c1-3-42-31(41)33(2)13-15-39(16-14-33)27-11-7-4-8-21(19-37-27)23-20-40-28(18-24(23)34)38-25-12-17-43-30(29(25)40)22-9-5-6-10-26(22)44-32(35)36/h4-6,8-10,18-20,30,32H,3,7,11-17H2,1-2H3/b8-4-,21-19+,37-27?/t30-/m0/s1. The van der Waals surface area contributed by atoms with Crippen molar-refractivity contribution in [1.29, 1.82) is 0 Å². The van der Waals surface area contributed by atoms with Crippen LogP contribution in [-0.4, -0.2) is 59.0 Å². The fraction of sp³-hybridized carbons (Fsp3) is 0.424. The second-order valence-electron chi connectivity index (χ2n) is 11.5. The van der Waals surface area contributed by atoms with Gasteiger partial charge in [0, 0.05) is 61.1 Å². The summed E-state index contributed by atoms with van der Waals surface area (Å²) in [6.07, 6.45) is 9.79. The zero-order valence-electron chi connectivity index (χ0n) is 24.8. The van der Waals surface area contributed by atoms with E-state index in [1.807, 2.05) is 26.0 Å². The van der Waals surface area contributed by atoms with Gasteiger partial charge in [-0.3, -0.25) is 9.20 Å². The molecule has 0 amide bonds. The molecule has 0 radical (unpaired) electrons. The first-order valence-electron chi connectivity index (χ1n) is 15.0. The molecule has 1 atom stereocenters. The van der Waals surface area contributed by atoms with Gasteiger partial charge in [0.1, 0.15) is 29.2 Å². The van der Waals surface area contributed by atoms with Crippen molar-refractivity contribution in [2.24, 2.45) is 10.4 Å². The molecular formula is C33H35F3N4O4. The van der Waals surface area contributed by atoms with E-state index in [1.165, 1.54) is 12.1 Å². The van der Waals surface area contributed by atoms with E-state index in [4.69, 9.17) is 19.2 Å². The predicted molar refractivity (Wildman–Crippen MR) is 159 cm³/mol. The molecule has 6 rings (SSSR count). The lowest BCUT2D eigenvalue weighted by atomic mass is 9.80. The van der Waals surface area contributed by atoms with Gasteiger partial charge in [-0.2, -0.15) is 8.78 Å². The number of allylic oxidation sites excluding steroid dienone is 3. The number of aromatic nitrogens is 2. The summed E-state index contributed by atoms with van der Waals surface area (Å²) < 4.78 is 60.0. The Morgan fingerprint density at radius 2 is 2.00 bits per heavy atom. The molecule has 0 unspecified atom stereocenters. The summed E-state index contributed by atoms with van der Waals surface area (Å²) >= 11 is 0. The molecule has 11 heteroatoms. The lowest BCUT2D eigenvalue weighted by Crippen LogP contribution is -2.45. The minimum Gasteiger partial charge on any atom is -0.466 e. The van der Waals surface area contributed by atoms with Crippen molar-refractivity contribution in [3.8, 4) is 5.75 Å². The summed E-state index contributed by atoms with van der Waals surface area (Å²) in [7, 11) is 0. The van der Waals surface area contributed by atoms with Crippen LogP contribution in [0.2, 0.25) is 0 Å². The molecule has 0 bridgehead atoms. The zero-order chi connectivity index (χ0) is 30.8. The van der Waals surface area contributed by atoms with Gasteiger partial charge in [-0.05, 0) is 39.2 Å². The average molecular weight is 609 g/mol. The zero-order valence-corrected chi connectivity index (χ0v) is 24.8. The van der Waals surface area contributed by atoms with E-state index in [2.05, 4.69) is 9.88 Å². The fourth-order valence-electron chi connectivity index (χ4n) is 6.14. The van der Waals surface area contributed by atoms with Crippen molar-refractivity contribution in [2.75, 3.05) is 26.3 Å². The third-order valence-corrected chi connectivity index (χ3v) is 8.61. The highest BCUT2D eigenvalue weighted by Crippen LogP contribution is 2.39. The quantitative estimate of drug-likeness (QED) is 0.298. The molecule has 3 aliphatic heterocycles. The lowest BCUT2D eigenvalue weighted by Gasteiger charge is -2.39. The van der Waals surface area contributed by atoms with Gasteiger partial charge < -0.3 is 19.1 Å². The number of hydrogen-bond donors (Lipinski definition) is 0. The number of imidazole rings is 1. The maximum atomic E-state index is 15.6. The van der Waals surface area contributed by atoms with E-state index in [9.17, 15) is 13.6 Å². The van der Waals surface area contributed by atoms with Crippen LogP contribution in [-0.2, 0) is 20.7 Å². The van der Waals surface area contributed by atoms with E-state index in [0.717, 1.165) is 18.7 Å². The molecule has 0 aliphatic carbocycles. The Labute approximate surface area is 253 Å². The van der Waals surface area contributed by atoms with Gasteiger partial charge in [0.25, 0.3) is 0 Å². The molecular weight excluding hydrogens is 573 g/mol. The van der Waals surface area contributed by atoms with Crippen molar-refractivity contribution >= 4 is 23.0 Å². The van der Waals surface area contributed by atoms with Crippen LogP contribution in [0.4, 0.5) is 13.2 Å². The number of aliphatic imine (C=N–C) groups is 1. The van der Waals surface area contributed by atoms with Gasteiger partial charge in [-0.25, -0.2) is 14.4 Å². The monoisotopic (exact) mass is 608 g/mol. The van der Waals surface area contributed by atoms with Crippen LogP contribution in [0.3, 0.4) is 0 Å². The normalized spacial score (nSPS) is 22.0. The number of pyridine rings is 1. The van der Waals surface area contributed by atoms with Gasteiger partial charge in [0.15, 0.2) is 0 Å². The van der Waals surface area contributed by atoms with Crippen molar-refractivity contribution in [2.45, 2.75) is 58.7 Å². The molecule has 8 nitrogen and oxygen atoms in total. The molecule has 1 fully saturated rings. The number of likely N-dealkylation sites (tertiary alicyclic amines) is 1. The molecule has 0 spiro atoms. The Morgan fingerprint density at radius 3 is 2.77 bits per heavy atom. The lowest BCUT2D eigenvalue weighted by molar-refractivity contribution is -0.156. The average Bonchev–Trinajstić information content (AvgIpc) is 3.35. The molecule has 0 saturated carbocycles. The minimum absolute atomic E-state index is 0.0189. The van der Waals surface area contributed by atoms with Crippen LogP contribution in [0.15, 0.2) is 59.9 Å². The number of fused-ring (bicyclic) bond motifs is 3. The third-order valence-electron chi connectivity index (χ3n) is 8.61. The number of esters is 1. The van der Waals surface area contributed by atoms with Gasteiger partial charge in [0.2, 0.25) is 0 Å². The number of ether oxygens (including phenoxy) is 3. The molecule has 0 N–H and O–H groups in total. The van der Waals surface area contributed by atoms with Crippen molar-refractivity contribution in [3.05, 3.63) is 83.2 Å². The van der Waals surface area contributed by atoms with Crippen molar-refractivity contribution in [1.82, 2.24) is 14.3 Å². The number of carbonyl (C=O) groups is 1. The molecule has 1 aromatic carbocycles. The molecule has 44 heavy (non-hydrogen) atoms. The SMILES string of the molecule is CCOC(=O)C1(C)CCN(C2=N/C=C(c3cn4c5c(nc4cc3F)CCO[C@H]5c3ccccc3OC(F)F)\C=C/CC2)CC1. The van der Waals surface area contributed by atoms with Crippen LogP contribution in [0.5, 0.6) is 5.75 Å². The molecule has 232 valence electrons. The molecule has 3 aromatic rings. The Morgan fingerprint density at radius 1 is 1.20 bits per heavy atom. The van der Waals surface area contributed by atoms with Crippen LogP contribution in [0.1, 0.15) is 68.1 Å². The first-order valence-corrected chi connectivity index (χ1v) is 15.0. The maximum absolute atomic E-state index is 15.6. The van der Waals surface area contributed by atoms with E-state index in [1.54, 1.807) is 35.0 Å². The number of alkyl halides is 2. The summed E-state index contributed by atoms with van der Waals surface area (Å²) in [6, 6.07) is 7.91.